The summed E-state index contributed by atoms with van der Waals surface area (Å²) in [6.45, 7) is 1.41. The lowest BCUT2D eigenvalue weighted by atomic mass is 10.1. The van der Waals surface area contributed by atoms with Crippen molar-refractivity contribution >= 4 is 23.8 Å². The maximum atomic E-state index is 12.6. The summed E-state index contributed by atoms with van der Waals surface area (Å²) in [6, 6.07) is 4.89. The molecule has 0 aliphatic carbocycles. The van der Waals surface area contributed by atoms with Crippen LogP contribution in [0.5, 0.6) is 5.75 Å². The van der Waals surface area contributed by atoms with Gasteiger partial charge in [0.25, 0.3) is 5.91 Å². The van der Waals surface area contributed by atoms with E-state index in [0.717, 1.165) is 38.8 Å². The van der Waals surface area contributed by atoms with E-state index in [-0.39, 0.29) is 25.0 Å². The van der Waals surface area contributed by atoms with Gasteiger partial charge in [-0.1, -0.05) is 12.8 Å². The zero-order valence-electron chi connectivity index (χ0n) is 13.0. The molecule has 2 aliphatic rings. The van der Waals surface area contributed by atoms with Crippen LogP contribution < -0.4 is 9.64 Å². The third kappa shape index (κ3) is 3.36. The number of amides is 2. The first kappa shape index (κ1) is 15.5. The van der Waals surface area contributed by atoms with E-state index >= 15 is 0 Å². The van der Waals surface area contributed by atoms with Crippen molar-refractivity contribution in [2.75, 3.05) is 31.1 Å². The van der Waals surface area contributed by atoms with Gasteiger partial charge >= 0.3 is 0 Å². The molecule has 0 atom stereocenters. The number of carbonyl (C=O) groups is 3. The van der Waals surface area contributed by atoms with Crippen molar-refractivity contribution in [1.82, 2.24) is 4.90 Å². The van der Waals surface area contributed by atoms with Crippen molar-refractivity contribution in [2.24, 2.45) is 0 Å². The molecule has 2 aliphatic heterocycles. The predicted octanol–water partition coefficient (Wildman–Crippen LogP) is 1.63. The van der Waals surface area contributed by atoms with Crippen molar-refractivity contribution in [3.05, 3.63) is 23.8 Å². The summed E-state index contributed by atoms with van der Waals surface area (Å²) < 4.78 is 5.38. The molecule has 1 aromatic rings. The number of benzene rings is 1. The van der Waals surface area contributed by atoms with E-state index in [2.05, 4.69) is 0 Å². The van der Waals surface area contributed by atoms with E-state index in [9.17, 15) is 14.4 Å². The molecule has 122 valence electrons. The summed E-state index contributed by atoms with van der Waals surface area (Å²) in [5, 5.41) is 0. The molecule has 6 heteroatoms. The lowest BCUT2D eigenvalue weighted by Gasteiger charge is -2.31. The number of aldehydes is 1. The van der Waals surface area contributed by atoms with Gasteiger partial charge in [-0.2, -0.15) is 0 Å². The number of hydrogen-bond acceptors (Lipinski definition) is 4. The largest absolute Gasteiger partial charge is 0.482 e. The minimum atomic E-state index is -0.260. The van der Waals surface area contributed by atoms with Gasteiger partial charge in [-0.05, 0) is 31.0 Å². The summed E-state index contributed by atoms with van der Waals surface area (Å²) in [5.41, 5.74) is 0.947. The van der Waals surface area contributed by atoms with E-state index in [1.807, 2.05) is 4.90 Å². The van der Waals surface area contributed by atoms with E-state index in [4.69, 9.17) is 4.74 Å². The van der Waals surface area contributed by atoms with Crippen LogP contribution in [-0.2, 0) is 9.59 Å². The number of carbonyl (C=O) groups excluding carboxylic acids is 3. The molecule has 23 heavy (non-hydrogen) atoms. The summed E-state index contributed by atoms with van der Waals surface area (Å²) >= 11 is 0. The van der Waals surface area contributed by atoms with Gasteiger partial charge < -0.3 is 9.64 Å². The minimum Gasteiger partial charge on any atom is -0.482 e. The highest BCUT2D eigenvalue weighted by molar-refractivity contribution is 6.02. The topological polar surface area (TPSA) is 66.9 Å². The Hall–Kier alpha value is -2.37. The standard InChI is InChI=1S/C17H20N2O4/c20-11-13-5-6-15-14(9-13)19(17(22)12-23-15)10-16(21)18-7-3-1-2-4-8-18/h5-6,9,11H,1-4,7-8,10,12H2. The van der Waals surface area contributed by atoms with Gasteiger partial charge in [0.1, 0.15) is 18.6 Å². The Labute approximate surface area is 135 Å². The number of rotatable bonds is 3. The third-order valence-corrected chi connectivity index (χ3v) is 4.31. The average Bonchev–Trinajstić information content (AvgIpc) is 2.86. The highest BCUT2D eigenvalue weighted by Gasteiger charge is 2.29. The van der Waals surface area contributed by atoms with Crippen molar-refractivity contribution in [1.29, 1.82) is 0 Å². The minimum absolute atomic E-state index is 0.00248. The summed E-state index contributed by atoms with van der Waals surface area (Å²) in [4.78, 5) is 39.0. The smallest absolute Gasteiger partial charge is 0.265 e. The Kier molecular flexibility index (Phi) is 4.60. The van der Waals surface area contributed by atoms with E-state index < -0.39 is 0 Å². The van der Waals surface area contributed by atoms with Gasteiger partial charge in [-0.15, -0.1) is 0 Å². The fourth-order valence-corrected chi connectivity index (χ4v) is 3.02. The fourth-order valence-electron chi connectivity index (χ4n) is 3.02. The molecule has 0 bridgehead atoms. The summed E-state index contributed by atoms with van der Waals surface area (Å²) in [7, 11) is 0. The van der Waals surface area contributed by atoms with Gasteiger partial charge in [0.05, 0.1) is 5.69 Å². The molecule has 0 N–H and O–H groups in total. The Morgan fingerprint density at radius 1 is 1.17 bits per heavy atom. The quantitative estimate of drug-likeness (QED) is 0.795. The molecular weight excluding hydrogens is 296 g/mol. The Morgan fingerprint density at radius 2 is 1.91 bits per heavy atom. The second kappa shape index (κ2) is 6.81. The number of nitrogens with zero attached hydrogens (tertiary/aromatic N) is 2. The predicted molar refractivity (Wildman–Crippen MR) is 84.7 cm³/mol. The number of ether oxygens (including phenoxy) is 1. The molecule has 1 aromatic carbocycles. The maximum Gasteiger partial charge on any atom is 0.265 e. The first-order valence-corrected chi connectivity index (χ1v) is 7.99. The first-order chi connectivity index (χ1) is 11.2. The summed E-state index contributed by atoms with van der Waals surface area (Å²) in [6.07, 6.45) is 5.02. The van der Waals surface area contributed by atoms with Crippen LogP contribution in [0.1, 0.15) is 36.0 Å². The van der Waals surface area contributed by atoms with Crippen molar-refractivity contribution in [2.45, 2.75) is 25.7 Å². The number of likely N-dealkylation sites (tertiary alicyclic amines) is 1. The molecule has 0 radical (unpaired) electrons. The Morgan fingerprint density at radius 3 is 2.61 bits per heavy atom. The zero-order chi connectivity index (χ0) is 16.2. The van der Waals surface area contributed by atoms with Gasteiger partial charge in [0, 0.05) is 18.7 Å². The molecule has 0 unspecified atom stereocenters. The summed E-state index contributed by atoms with van der Waals surface area (Å²) in [5.74, 6) is 0.215. The SMILES string of the molecule is O=Cc1ccc2c(c1)N(CC(=O)N1CCCCCC1)C(=O)CO2. The molecule has 0 saturated carbocycles. The highest BCUT2D eigenvalue weighted by Crippen LogP contribution is 2.32. The van der Waals surface area contributed by atoms with Crippen molar-refractivity contribution < 1.29 is 19.1 Å². The van der Waals surface area contributed by atoms with Crippen LogP contribution in [0.4, 0.5) is 5.69 Å². The monoisotopic (exact) mass is 316 g/mol. The molecule has 1 fully saturated rings. The molecule has 2 amide bonds. The molecule has 6 nitrogen and oxygen atoms in total. The van der Waals surface area contributed by atoms with Crippen molar-refractivity contribution in [3.8, 4) is 5.75 Å². The zero-order valence-corrected chi connectivity index (χ0v) is 13.0. The van der Waals surface area contributed by atoms with Gasteiger partial charge in [-0.25, -0.2) is 0 Å². The number of hydrogen-bond donors (Lipinski definition) is 0. The van der Waals surface area contributed by atoms with E-state index in [1.165, 1.54) is 4.90 Å². The maximum absolute atomic E-state index is 12.6. The fraction of sp³-hybridized carbons (Fsp3) is 0.471. The van der Waals surface area contributed by atoms with Gasteiger partial charge in [0.2, 0.25) is 5.91 Å². The van der Waals surface area contributed by atoms with Crippen LogP contribution in [0.2, 0.25) is 0 Å². The van der Waals surface area contributed by atoms with Crippen LogP contribution in [0.3, 0.4) is 0 Å². The van der Waals surface area contributed by atoms with Gasteiger partial charge in [-0.3, -0.25) is 19.3 Å². The lowest BCUT2D eigenvalue weighted by Crippen LogP contribution is -2.46. The second-order valence-corrected chi connectivity index (χ2v) is 5.91. The van der Waals surface area contributed by atoms with E-state index in [1.54, 1.807) is 18.2 Å². The molecular formula is C17H20N2O4. The van der Waals surface area contributed by atoms with Crippen LogP contribution >= 0.6 is 0 Å². The Balaban J connectivity index is 1.80. The van der Waals surface area contributed by atoms with E-state index in [0.29, 0.717) is 23.3 Å². The van der Waals surface area contributed by atoms with Crippen LogP contribution in [0, 0.1) is 0 Å². The van der Waals surface area contributed by atoms with Crippen LogP contribution in [0.25, 0.3) is 0 Å². The van der Waals surface area contributed by atoms with Crippen LogP contribution in [-0.4, -0.2) is 49.2 Å². The lowest BCUT2D eigenvalue weighted by molar-refractivity contribution is -0.132. The highest BCUT2D eigenvalue weighted by atomic mass is 16.5. The van der Waals surface area contributed by atoms with Crippen molar-refractivity contribution in [3.63, 3.8) is 0 Å². The Bertz CT molecular complexity index is 621. The third-order valence-electron chi connectivity index (χ3n) is 4.31. The number of anilines is 1. The van der Waals surface area contributed by atoms with Crippen LogP contribution in [0.15, 0.2) is 18.2 Å². The first-order valence-electron chi connectivity index (χ1n) is 7.99. The number of fused-ring (bicyclic) bond motifs is 1. The molecule has 0 aromatic heterocycles. The molecule has 1 saturated heterocycles. The normalized spacial score (nSPS) is 18.0. The van der Waals surface area contributed by atoms with Gasteiger partial charge in [0.15, 0.2) is 6.61 Å². The molecule has 2 heterocycles. The molecule has 3 rings (SSSR count). The molecule has 0 spiro atoms. The second-order valence-electron chi connectivity index (χ2n) is 5.91. The average molecular weight is 316 g/mol.